The summed E-state index contributed by atoms with van der Waals surface area (Å²) in [5.41, 5.74) is 3.09. The van der Waals surface area contributed by atoms with Gasteiger partial charge in [-0.05, 0) is 36.9 Å². The van der Waals surface area contributed by atoms with Gasteiger partial charge in [0.05, 0.1) is 0 Å². The van der Waals surface area contributed by atoms with Gasteiger partial charge in [0.2, 0.25) is 0 Å². The van der Waals surface area contributed by atoms with Crippen LogP contribution < -0.4 is 4.90 Å². The van der Waals surface area contributed by atoms with E-state index in [4.69, 9.17) is 0 Å². The molecule has 1 aromatic carbocycles. The number of carbonyl (C=O) groups is 2. The molecular formula is C20H19N6O2V2Y-3. The molecule has 0 atom stereocenters. The van der Waals surface area contributed by atoms with Crippen LogP contribution in [0, 0.1) is 45.9 Å². The van der Waals surface area contributed by atoms with Crippen molar-refractivity contribution in [1.82, 2.24) is 25.2 Å². The minimum atomic E-state index is -0.573. The smallest absolute Gasteiger partial charge is 0.256 e. The number of benzene rings is 1. The molecule has 0 bridgehead atoms. The van der Waals surface area contributed by atoms with Gasteiger partial charge < -0.3 is 12.1 Å². The first-order chi connectivity index (χ1) is 13.3. The molecule has 0 spiro atoms. The van der Waals surface area contributed by atoms with E-state index in [1.165, 1.54) is 10.7 Å². The normalized spacial score (nSPS) is 9.71. The maximum absolute atomic E-state index is 13.4. The fraction of sp³-hybridized carbons (Fsp3) is 0.300. The number of carbonyl (C=O) groups excluding carboxylic acids is 2. The van der Waals surface area contributed by atoms with E-state index in [1.807, 2.05) is 13.8 Å². The van der Waals surface area contributed by atoms with Gasteiger partial charge in [-0.2, -0.15) is 5.56 Å². The number of hydrogen-bond acceptors (Lipinski definition) is 6. The summed E-state index contributed by atoms with van der Waals surface area (Å²) >= 11 is 0. The molecule has 8 nitrogen and oxygen atoms in total. The van der Waals surface area contributed by atoms with E-state index in [0.717, 1.165) is 10.5 Å². The van der Waals surface area contributed by atoms with Crippen molar-refractivity contribution in [2.24, 2.45) is 0 Å². The van der Waals surface area contributed by atoms with E-state index in [0.29, 0.717) is 29.1 Å². The molecule has 3 rings (SSSR count). The first kappa shape index (κ1) is 29.9. The number of anilines is 1. The molecule has 3 aromatic rings. The summed E-state index contributed by atoms with van der Waals surface area (Å²) in [4.78, 5) is 32.0. The topological polar surface area (TPSA) is 93.9 Å². The number of tetrazole rings is 1. The van der Waals surface area contributed by atoms with Gasteiger partial charge >= 0.3 is 0 Å². The molecule has 3 radical (unpaired) electrons. The molecule has 31 heavy (non-hydrogen) atoms. The summed E-state index contributed by atoms with van der Waals surface area (Å²) < 4.78 is 1.38. The molecule has 0 saturated heterocycles. The fourth-order valence-corrected chi connectivity index (χ4v) is 2.82. The Morgan fingerprint density at radius 2 is 1.65 bits per heavy atom. The summed E-state index contributed by atoms with van der Waals surface area (Å²) in [6.45, 7) is 9.28. The number of hydrogen-bond donors (Lipinski definition) is 0. The molecule has 0 saturated carbocycles. The zero-order valence-electron chi connectivity index (χ0n) is 17.8. The molecule has 157 valence electrons. The van der Waals surface area contributed by atoms with Gasteiger partial charge in [0.1, 0.15) is 0 Å². The van der Waals surface area contributed by atoms with E-state index in [1.54, 1.807) is 26.8 Å². The van der Waals surface area contributed by atoms with E-state index in [9.17, 15) is 9.59 Å². The van der Waals surface area contributed by atoms with E-state index in [2.05, 4.69) is 38.7 Å². The Balaban J connectivity index is 0.00000300. The molecule has 2 heterocycles. The molecular weight excluding hydrogens is 547 g/mol. The first-order valence-electron chi connectivity index (χ1n) is 8.75. The minimum absolute atomic E-state index is 0. The van der Waals surface area contributed by atoms with Crippen LogP contribution in [-0.2, 0) is 76.4 Å². The standard InChI is InChI=1S/C20H19N6O2.2V.Y/c1-6-25-20(22-23-24-25)26(18(27)16-9-7-12(2)11-13(16)3)19(28)17-10-8-14(4)21-15(17)5;;;/h9-10H,6H2,1-5H3;;;/q-3;;;. The van der Waals surface area contributed by atoms with Gasteiger partial charge in [-0.15, -0.1) is 0 Å². The summed E-state index contributed by atoms with van der Waals surface area (Å²) in [6.07, 6.45) is 0. The van der Waals surface area contributed by atoms with E-state index in [-0.39, 0.29) is 81.3 Å². The van der Waals surface area contributed by atoms with Gasteiger partial charge in [0.25, 0.3) is 5.95 Å². The number of aromatic nitrogens is 5. The average Bonchev–Trinajstić information content (AvgIpc) is 3.09. The molecule has 11 heteroatoms. The summed E-state index contributed by atoms with van der Waals surface area (Å²) in [6, 6.07) is 12.0. The van der Waals surface area contributed by atoms with E-state index >= 15 is 0 Å². The second kappa shape index (κ2) is 12.8. The molecule has 0 fully saturated rings. The van der Waals surface area contributed by atoms with Gasteiger partial charge in [0, 0.05) is 76.4 Å². The maximum Gasteiger partial charge on any atom is 0.256 e. The number of amides is 2. The second-order valence-corrected chi connectivity index (χ2v) is 6.30. The molecule has 0 unspecified atom stereocenters. The average molecular weight is 566 g/mol. The van der Waals surface area contributed by atoms with Gasteiger partial charge in [-0.3, -0.25) is 31.8 Å². The largest absolute Gasteiger partial charge is 0.355 e. The van der Waals surface area contributed by atoms with Crippen molar-refractivity contribution >= 4 is 17.8 Å². The van der Waals surface area contributed by atoms with Crippen LogP contribution in [0.3, 0.4) is 0 Å². The Morgan fingerprint density at radius 1 is 1.03 bits per heavy atom. The Bertz CT molecular complexity index is 1010. The van der Waals surface area contributed by atoms with Crippen LogP contribution in [0.2, 0.25) is 0 Å². The third-order valence-corrected chi connectivity index (χ3v) is 4.24. The third kappa shape index (κ3) is 6.44. The van der Waals surface area contributed by atoms with Crippen molar-refractivity contribution in [2.45, 2.75) is 41.2 Å². The van der Waals surface area contributed by atoms with Crippen LogP contribution in [0.5, 0.6) is 0 Å². The zero-order valence-corrected chi connectivity index (χ0v) is 23.5. The second-order valence-electron chi connectivity index (χ2n) is 6.30. The monoisotopic (exact) mass is 566 g/mol. The molecule has 2 aromatic heterocycles. The van der Waals surface area contributed by atoms with Crippen LogP contribution in [0.25, 0.3) is 0 Å². The number of aryl methyl sites for hydroxylation is 5. The van der Waals surface area contributed by atoms with Gasteiger partial charge in [-0.1, -0.05) is 30.2 Å². The molecule has 0 aliphatic carbocycles. The van der Waals surface area contributed by atoms with Gasteiger partial charge in [-0.25, -0.2) is 21.7 Å². The predicted octanol–water partition coefficient (Wildman–Crippen LogP) is 2.20. The van der Waals surface area contributed by atoms with Crippen LogP contribution in [0.1, 0.15) is 50.2 Å². The van der Waals surface area contributed by atoms with Crippen molar-refractivity contribution in [3.8, 4) is 0 Å². The Hall–Kier alpha value is -1.15. The minimum Gasteiger partial charge on any atom is -0.355 e. The van der Waals surface area contributed by atoms with Crippen molar-refractivity contribution in [2.75, 3.05) is 4.90 Å². The van der Waals surface area contributed by atoms with Crippen LogP contribution in [-0.4, -0.2) is 37.0 Å². The number of rotatable bonds is 4. The van der Waals surface area contributed by atoms with Crippen molar-refractivity contribution in [3.05, 3.63) is 64.0 Å². The molecule has 0 aliphatic heterocycles. The Morgan fingerprint density at radius 3 is 2.23 bits per heavy atom. The van der Waals surface area contributed by atoms with Crippen molar-refractivity contribution in [1.29, 1.82) is 0 Å². The Kier molecular flexibility index (Phi) is 12.3. The SMILES string of the molecule is CCn1nnnc1N(C(=O)c1c[c-]c(C)[c-]c1C)C(=O)c1c[c-]c(C)nc1C.[V].[V].[Y]. The molecule has 0 N–H and O–H groups in total. The first-order valence-corrected chi connectivity index (χ1v) is 8.75. The summed E-state index contributed by atoms with van der Waals surface area (Å²) in [7, 11) is 0. The zero-order chi connectivity index (χ0) is 20.4. The number of pyridine rings is 1. The quantitative estimate of drug-likeness (QED) is 0.356. The summed E-state index contributed by atoms with van der Waals surface area (Å²) in [5, 5.41) is 11.4. The number of nitrogens with zero attached hydrogens (tertiary/aromatic N) is 6. The van der Waals surface area contributed by atoms with Crippen LogP contribution >= 0.6 is 0 Å². The fourth-order valence-electron chi connectivity index (χ4n) is 2.82. The van der Waals surface area contributed by atoms with Crippen LogP contribution in [0.4, 0.5) is 5.95 Å². The molecule has 2 amide bonds. The van der Waals surface area contributed by atoms with Gasteiger partial charge in [0.15, 0.2) is 11.8 Å². The van der Waals surface area contributed by atoms with Crippen LogP contribution in [0.15, 0.2) is 12.1 Å². The maximum atomic E-state index is 13.4. The molecule has 0 aliphatic rings. The van der Waals surface area contributed by atoms with Crippen molar-refractivity contribution < 1.29 is 79.4 Å². The van der Waals surface area contributed by atoms with E-state index < -0.39 is 11.8 Å². The van der Waals surface area contributed by atoms with Crippen molar-refractivity contribution in [3.63, 3.8) is 0 Å². The Labute approximate surface area is 230 Å². The third-order valence-electron chi connectivity index (χ3n) is 4.24. The summed E-state index contributed by atoms with van der Waals surface area (Å²) in [5.74, 6) is -1.09. The predicted molar refractivity (Wildman–Crippen MR) is 101 cm³/mol. The number of imide groups is 1.